The Morgan fingerprint density at radius 1 is 1.23 bits per heavy atom. The summed E-state index contributed by atoms with van der Waals surface area (Å²) in [6.45, 7) is 1.83. The molecule has 3 heterocycles. The zero-order chi connectivity index (χ0) is 15.1. The van der Waals surface area contributed by atoms with Gasteiger partial charge in [-0.15, -0.1) is 10.2 Å². The largest absolute Gasteiger partial charge is 0.497 e. The maximum Gasteiger partial charge on any atom is 0.235 e. The van der Waals surface area contributed by atoms with Crippen LogP contribution in [0.25, 0.3) is 27.1 Å². The lowest BCUT2D eigenvalue weighted by Gasteiger charge is -2.00. The molecule has 8 heteroatoms. The maximum absolute atomic E-state index is 5.25. The van der Waals surface area contributed by atoms with Gasteiger partial charge in [0.1, 0.15) is 16.5 Å². The first kappa shape index (κ1) is 13.0. The van der Waals surface area contributed by atoms with Crippen molar-refractivity contribution in [3.05, 3.63) is 36.1 Å². The Labute approximate surface area is 129 Å². The molecule has 0 aliphatic heterocycles. The van der Waals surface area contributed by atoms with E-state index in [4.69, 9.17) is 9.26 Å². The summed E-state index contributed by atoms with van der Waals surface area (Å²) in [6.07, 6.45) is 0. The molecule has 3 aromatic heterocycles. The average molecular weight is 313 g/mol. The van der Waals surface area contributed by atoms with E-state index in [1.54, 1.807) is 17.7 Å². The molecule has 0 N–H and O–H groups in total. The number of aryl methyl sites for hydroxylation is 1. The number of hydrogen-bond donors (Lipinski definition) is 0. The van der Waals surface area contributed by atoms with E-state index < -0.39 is 0 Å². The molecule has 0 fully saturated rings. The minimum Gasteiger partial charge on any atom is -0.497 e. The summed E-state index contributed by atoms with van der Waals surface area (Å²) >= 11 is 1.46. The summed E-state index contributed by atoms with van der Waals surface area (Å²) in [5.41, 5.74) is 1.59. The van der Waals surface area contributed by atoms with Crippen molar-refractivity contribution in [3.63, 3.8) is 0 Å². The molecule has 0 bridgehead atoms. The zero-order valence-electron chi connectivity index (χ0n) is 11.8. The van der Waals surface area contributed by atoms with Gasteiger partial charge >= 0.3 is 0 Å². The monoisotopic (exact) mass is 313 g/mol. The van der Waals surface area contributed by atoms with Crippen LogP contribution in [-0.4, -0.2) is 32.1 Å². The molecule has 0 radical (unpaired) electrons. The molecule has 0 saturated heterocycles. The van der Waals surface area contributed by atoms with Gasteiger partial charge in [0.2, 0.25) is 10.8 Å². The first-order valence-corrected chi connectivity index (χ1v) is 7.36. The third-order valence-electron chi connectivity index (χ3n) is 3.16. The number of benzene rings is 1. The highest BCUT2D eigenvalue weighted by atomic mass is 32.1. The van der Waals surface area contributed by atoms with Crippen molar-refractivity contribution in [1.29, 1.82) is 0 Å². The summed E-state index contributed by atoms with van der Waals surface area (Å²) in [5.74, 6) is 2.07. The summed E-state index contributed by atoms with van der Waals surface area (Å²) in [5, 5.41) is 17.6. The average Bonchev–Trinajstić information content (AvgIpc) is 3.22. The summed E-state index contributed by atoms with van der Waals surface area (Å²) in [7, 11) is 1.64. The Balaban J connectivity index is 1.83. The normalized spacial score (nSPS) is 11.2. The van der Waals surface area contributed by atoms with Gasteiger partial charge in [-0.1, -0.05) is 28.6 Å². The van der Waals surface area contributed by atoms with E-state index in [1.165, 1.54) is 11.3 Å². The van der Waals surface area contributed by atoms with Crippen LogP contribution in [0.4, 0.5) is 0 Å². The van der Waals surface area contributed by atoms with Crippen molar-refractivity contribution in [1.82, 2.24) is 25.0 Å². The second-order valence-corrected chi connectivity index (χ2v) is 5.64. The number of methoxy groups -OCH3 is 1. The van der Waals surface area contributed by atoms with Gasteiger partial charge in [0.05, 0.1) is 7.11 Å². The Kier molecular flexibility index (Phi) is 2.90. The van der Waals surface area contributed by atoms with E-state index >= 15 is 0 Å². The molecular weight excluding hydrogens is 302 g/mol. The van der Waals surface area contributed by atoms with Crippen LogP contribution in [0.3, 0.4) is 0 Å². The number of rotatable bonds is 3. The van der Waals surface area contributed by atoms with Gasteiger partial charge in [-0.05, 0) is 19.1 Å². The Hall–Kier alpha value is -2.74. The van der Waals surface area contributed by atoms with Crippen LogP contribution in [-0.2, 0) is 0 Å². The highest BCUT2D eigenvalue weighted by Crippen LogP contribution is 2.29. The van der Waals surface area contributed by atoms with Crippen LogP contribution >= 0.6 is 11.3 Å². The van der Waals surface area contributed by atoms with Crippen molar-refractivity contribution in [3.8, 4) is 27.8 Å². The summed E-state index contributed by atoms with van der Waals surface area (Å²) < 4.78 is 12.0. The minimum absolute atomic E-state index is 0.567. The van der Waals surface area contributed by atoms with Crippen molar-refractivity contribution in [2.45, 2.75) is 6.92 Å². The smallest absolute Gasteiger partial charge is 0.235 e. The first-order valence-electron chi connectivity index (χ1n) is 6.55. The maximum atomic E-state index is 5.25. The van der Waals surface area contributed by atoms with Crippen LogP contribution < -0.4 is 4.74 Å². The van der Waals surface area contributed by atoms with E-state index in [0.29, 0.717) is 16.5 Å². The van der Waals surface area contributed by atoms with Gasteiger partial charge < -0.3 is 9.26 Å². The fourth-order valence-electron chi connectivity index (χ4n) is 2.12. The summed E-state index contributed by atoms with van der Waals surface area (Å²) in [4.78, 5) is 0.702. The van der Waals surface area contributed by atoms with E-state index in [2.05, 4.69) is 20.5 Å². The van der Waals surface area contributed by atoms with Crippen LogP contribution in [0.2, 0.25) is 0 Å². The first-order chi connectivity index (χ1) is 10.7. The number of fused-ring (bicyclic) bond motifs is 1. The highest BCUT2D eigenvalue weighted by Gasteiger charge is 2.17. The van der Waals surface area contributed by atoms with Crippen molar-refractivity contribution in [2.24, 2.45) is 0 Å². The van der Waals surface area contributed by atoms with Gasteiger partial charge in [0.15, 0.2) is 5.69 Å². The van der Waals surface area contributed by atoms with Crippen LogP contribution in [0.5, 0.6) is 5.75 Å². The van der Waals surface area contributed by atoms with Gasteiger partial charge in [0, 0.05) is 11.6 Å². The number of aromatic nitrogens is 5. The van der Waals surface area contributed by atoms with Gasteiger partial charge in [0.25, 0.3) is 0 Å². The molecule has 110 valence electrons. The lowest BCUT2D eigenvalue weighted by Crippen LogP contribution is -1.91. The molecule has 0 amide bonds. The Morgan fingerprint density at radius 2 is 2.14 bits per heavy atom. The number of ether oxygens (including phenoxy) is 1. The molecule has 0 atom stereocenters. The van der Waals surface area contributed by atoms with Crippen LogP contribution in [0, 0.1) is 6.92 Å². The highest BCUT2D eigenvalue weighted by molar-refractivity contribution is 7.19. The molecular formula is C14H11N5O2S. The number of hydrogen-bond acceptors (Lipinski definition) is 7. The zero-order valence-corrected chi connectivity index (χ0v) is 12.7. The van der Waals surface area contributed by atoms with Crippen molar-refractivity contribution >= 4 is 16.3 Å². The molecule has 0 saturated carbocycles. The molecule has 7 nitrogen and oxygen atoms in total. The van der Waals surface area contributed by atoms with E-state index in [9.17, 15) is 0 Å². The third kappa shape index (κ3) is 2.04. The molecule has 0 aliphatic carbocycles. The summed E-state index contributed by atoms with van der Waals surface area (Å²) in [6, 6.07) is 9.55. The quantitative estimate of drug-likeness (QED) is 0.579. The molecule has 0 spiro atoms. The minimum atomic E-state index is 0.567. The van der Waals surface area contributed by atoms with Crippen LogP contribution in [0.15, 0.2) is 34.9 Å². The van der Waals surface area contributed by atoms with Crippen LogP contribution in [0.1, 0.15) is 5.76 Å². The van der Waals surface area contributed by atoms with Crippen molar-refractivity contribution in [2.75, 3.05) is 7.11 Å². The SMILES string of the molecule is COc1cccc(-c2nn3c(-c4cc(C)on4)nnc3s2)c1. The second-order valence-electron chi connectivity index (χ2n) is 4.68. The fraction of sp³-hybridized carbons (Fsp3) is 0.143. The molecule has 4 rings (SSSR count). The van der Waals surface area contributed by atoms with Gasteiger partial charge in [-0.25, -0.2) is 0 Å². The Bertz CT molecular complexity index is 955. The molecule has 22 heavy (non-hydrogen) atoms. The second kappa shape index (κ2) is 4.92. The van der Waals surface area contributed by atoms with Crippen molar-refractivity contribution < 1.29 is 9.26 Å². The third-order valence-corrected chi connectivity index (χ3v) is 4.11. The van der Waals surface area contributed by atoms with E-state index in [0.717, 1.165) is 22.1 Å². The van der Waals surface area contributed by atoms with Gasteiger partial charge in [-0.2, -0.15) is 9.61 Å². The van der Waals surface area contributed by atoms with E-state index in [-0.39, 0.29) is 0 Å². The predicted molar refractivity (Wildman–Crippen MR) is 80.9 cm³/mol. The lowest BCUT2D eigenvalue weighted by atomic mass is 10.2. The lowest BCUT2D eigenvalue weighted by molar-refractivity contribution is 0.399. The van der Waals surface area contributed by atoms with E-state index in [1.807, 2.05) is 31.2 Å². The fourth-order valence-corrected chi connectivity index (χ4v) is 2.96. The topological polar surface area (TPSA) is 78.3 Å². The molecule has 0 aliphatic rings. The molecule has 1 aromatic carbocycles. The standard InChI is InChI=1S/C14H11N5O2S/c1-8-6-11(18-21-8)12-15-16-14-19(12)17-13(22-14)9-4-3-5-10(7-9)20-2/h3-7H,1-2H3. The molecule has 0 unspecified atom stereocenters. The van der Waals surface area contributed by atoms with Gasteiger partial charge in [-0.3, -0.25) is 0 Å². The number of nitrogens with zero attached hydrogens (tertiary/aromatic N) is 5. The predicted octanol–water partition coefficient (Wildman–Crippen LogP) is 2.82. The Morgan fingerprint density at radius 3 is 2.91 bits per heavy atom. The molecule has 4 aromatic rings.